The molecule has 42 heavy (non-hydrogen) atoms. The number of aryl methyl sites for hydroxylation is 2. The first-order valence-electron chi connectivity index (χ1n) is 13.5. The smallest absolute Gasteiger partial charge is 0.274 e. The Labute approximate surface area is 245 Å². The molecule has 0 spiro atoms. The first kappa shape index (κ1) is 31.0. The van der Waals surface area contributed by atoms with E-state index in [0.29, 0.717) is 17.1 Å². The second-order valence-electron chi connectivity index (χ2n) is 10.5. The largest absolute Gasteiger partial charge is 0.497 e. The van der Waals surface area contributed by atoms with Gasteiger partial charge in [-0.2, -0.15) is 9.40 Å². The number of fused-ring (bicyclic) bond motifs is 1. The number of hydrogen-bond acceptors (Lipinski definition) is 8. The number of nitrogens with one attached hydrogen (secondary N) is 1. The number of methoxy groups -OCH3 is 1. The van der Waals surface area contributed by atoms with Crippen LogP contribution >= 0.6 is 0 Å². The number of anilines is 1. The Kier molecular flexibility index (Phi) is 9.24. The number of likely N-dealkylation sites (N-methyl/N-ethyl adjacent to an activating group) is 1. The molecule has 2 aromatic carbocycles. The van der Waals surface area contributed by atoms with Gasteiger partial charge in [0.15, 0.2) is 5.75 Å². The molecule has 2 heterocycles. The molecule has 226 valence electrons. The topological polar surface area (TPSA) is 143 Å². The summed E-state index contributed by atoms with van der Waals surface area (Å²) in [5, 5.41) is 17.0. The van der Waals surface area contributed by atoms with E-state index < -0.39 is 28.1 Å². The molecule has 3 aromatic rings. The molecule has 2 amide bonds. The fourth-order valence-electron chi connectivity index (χ4n) is 4.85. The monoisotopic (exact) mass is 599 g/mol. The standard InChI is InChI=1S/C29H37N5O7S/c1-18-15-34(20(3)17-35)29(37)23-8-7-9-24(30-28(36)25-14-19(2)31-33(25)5)27(23)41-26(18)16-32(4)42(38,39)22-12-10-21(40-6)11-13-22/h7-14,18,20,26,35H,15-17H2,1-6H3,(H,30,36)/t18-,20-,26+/m1/s1. The molecular formula is C29H37N5O7S. The molecule has 3 atom stereocenters. The lowest BCUT2D eigenvalue weighted by atomic mass is 9.99. The Morgan fingerprint density at radius 1 is 1.26 bits per heavy atom. The zero-order chi connectivity index (χ0) is 30.8. The van der Waals surface area contributed by atoms with Crippen molar-refractivity contribution in [3.63, 3.8) is 0 Å². The summed E-state index contributed by atoms with van der Waals surface area (Å²) >= 11 is 0. The van der Waals surface area contributed by atoms with Gasteiger partial charge >= 0.3 is 0 Å². The number of benzene rings is 2. The number of amides is 2. The van der Waals surface area contributed by atoms with Gasteiger partial charge in [0, 0.05) is 26.6 Å². The average molecular weight is 600 g/mol. The highest BCUT2D eigenvalue weighted by atomic mass is 32.2. The van der Waals surface area contributed by atoms with Crippen LogP contribution in [0.2, 0.25) is 0 Å². The quantitative estimate of drug-likeness (QED) is 0.382. The number of nitrogens with zero attached hydrogens (tertiary/aromatic N) is 4. The fourth-order valence-corrected chi connectivity index (χ4v) is 6.03. The van der Waals surface area contributed by atoms with Crippen LogP contribution in [-0.4, -0.2) is 90.3 Å². The van der Waals surface area contributed by atoms with E-state index in [9.17, 15) is 23.1 Å². The van der Waals surface area contributed by atoms with Crippen LogP contribution in [0.15, 0.2) is 53.4 Å². The molecule has 12 nitrogen and oxygen atoms in total. The Morgan fingerprint density at radius 3 is 2.55 bits per heavy atom. The number of aliphatic hydroxyl groups is 1. The molecule has 0 bridgehead atoms. The molecule has 0 aliphatic carbocycles. The molecule has 0 fully saturated rings. The van der Waals surface area contributed by atoms with Crippen LogP contribution in [0.4, 0.5) is 5.69 Å². The summed E-state index contributed by atoms with van der Waals surface area (Å²) in [5.41, 5.74) is 1.42. The number of aromatic nitrogens is 2. The van der Waals surface area contributed by atoms with Gasteiger partial charge in [-0.3, -0.25) is 14.3 Å². The molecular weight excluding hydrogens is 562 g/mol. The van der Waals surface area contributed by atoms with Gasteiger partial charge in [-0.15, -0.1) is 0 Å². The van der Waals surface area contributed by atoms with E-state index in [4.69, 9.17) is 9.47 Å². The van der Waals surface area contributed by atoms with Crippen molar-refractivity contribution in [2.75, 3.05) is 39.2 Å². The lowest BCUT2D eigenvalue weighted by Gasteiger charge is -2.38. The van der Waals surface area contributed by atoms with E-state index in [0.717, 1.165) is 0 Å². The van der Waals surface area contributed by atoms with Crippen LogP contribution in [0, 0.1) is 12.8 Å². The summed E-state index contributed by atoms with van der Waals surface area (Å²) < 4.78 is 41.2. The van der Waals surface area contributed by atoms with Crippen molar-refractivity contribution in [2.45, 2.75) is 37.8 Å². The van der Waals surface area contributed by atoms with Crippen LogP contribution in [0.5, 0.6) is 11.5 Å². The molecule has 1 aliphatic heterocycles. The summed E-state index contributed by atoms with van der Waals surface area (Å²) in [4.78, 5) is 28.6. The number of hydrogen-bond donors (Lipinski definition) is 2. The van der Waals surface area contributed by atoms with E-state index in [1.165, 1.54) is 35.3 Å². The summed E-state index contributed by atoms with van der Waals surface area (Å²) in [6.07, 6.45) is -0.722. The van der Waals surface area contributed by atoms with Gasteiger partial charge in [0.05, 0.1) is 48.1 Å². The number of carbonyl (C=O) groups is 2. The van der Waals surface area contributed by atoms with Crippen molar-refractivity contribution in [3.8, 4) is 11.5 Å². The Balaban J connectivity index is 1.72. The second kappa shape index (κ2) is 12.5. The van der Waals surface area contributed by atoms with Crippen LogP contribution < -0.4 is 14.8 Å². The van der Waals surface area contributed by atoms with Crippen molar-refractivity contribution in [1.82, 2.24) is 19.0 Å². The minimum atomic E-state index is -3.90. The van der Waals surface area contributed by atoms with Crippen LogP contribution in [0.25, 0.3) is 0 Å². The molecule has 1 aromatic heterocycles. The maximum absolute atomic E-state index is 13.7. The highest BCUT2D eigenvalue weighted by Gasteiger charge is 2.36. The lowest BCUT2D eigenvalue weighted by molar-refractivity contribution is 0.0388. The molecule has 0 unspecified atom stereocenters. The normalized spacial score (nSPS) is 18.1. The summed E-state index contributed by atoms with van der Waals surface area (Å²) in [6, 6.07) is 12.1. The van der Waals surface area contributed by atoms with E-state index >= 15 is 0 Å². The van der Waals surface area contributed by atoms with Gasteiger partial charge in [-0.1, -0.05) is 13.0 Å². The zero-order valence-corrected chi connectivity index (χ0v) is 25.4. The summed E-state index contributed by atoms with van der Waals surface area (Å²) in [6.45, 7) is 5.27. The first-order chi connectivity index (χ1) is 19.9. The maximum Gasteiger partial charge on any atom is 0.274 e. The second-order valence-corrected chi connectivity index (χ2v) is 12.6. The third kappa shape index (κ3) is 6.27. The number of ether oxygens (including phenoxy) is 2. The SMILES string of the molecule is COc1ccc(S(=O)(=O)N(C)C[C@@H]2Oc3c(NC(=O)c4cc(C)nn4C)cccc3C(=O)N([C@H](C)CO)C[C@H]2C)cc1. The molecule has 0 saturated heterocycles. The number of sulfonamides is 1. The minimum absolute atomic E-state index is 0.0479. The third-order valence-corrected chi connectivity index (χ3v) is 9.22. The van der Waals surface area contributed by atoms with Gasteiger partial charge < -0.3 is 24.8 Å². The van der Waals surface area contributed by atoms with E-state index in [-0.39, 0.29) is 53.4 Å². The van der Waals surface area contributed by atoms with Crippen molar-refractivity contribution >= 4 is 27.5 Å². The first-order valence-corrected chi connectivity index (χ1v) is 14.9. The highest BCUT2D eigenvalue weighted by Crippen LogP contribution is 2.35. The van der Waals surface area contributed by atoms with Gasteiger partial charge in [0.2, 0.25) is 10.0 Å². The third-order valence-electron chi connectivity index (χ3n) is 7.38. The predicted molar refractivity (Wildman–Crippen MR) is 156 cm³/mol. The lowest BCUT2D eigenvalue weighted by Crippen LogP contribution is -2.50. The minimum Gasteiger partial charge on any atom is -0.497 e. The zero-order valence-electron chi connectivity index (χ0n) is 24.6. The Bertz CT molecular complexity index is 1550. The van der Waals surface area contributed by atoms with Gasteiger partial charge in [0.25, 0.3) is 11.8 Å². The van der Waals surface area contributed by atoms with Crippen molar-refractivity contribution < 1.29 is 32.6 Å². The Hall–Kier alpha value is -3.94. The highest BCUT2D eigenvalue weighted by molar-refractivity contribution is 7.89. The molecule has 2 N–H and O–H groups in total. The number of para-hydroxylation sites is 1. The van der Waals surface area contributed by atoms with Crippen molar-refractivity contribution in [2.24, 2.45) is 13.0 Å². The molecule has 0 saturated carbocycles. The van der Waals surface area contributed by atoms with Crippen molar-refractivity contribution in [1.29, 1.82) is 0 Å². The molecule has 4 rings (SSSR count). The van der Waals surface area contributed by atoms with E-state index in [2.05, 4.69) is 10.4 Å². The van der Waals surface area contributed by atoms with Gasteiger partial charge in [0.1, 0.15) is 17.5 Å². The number of carbonyl (C=O) groups excluding carboxylic acids is 2. The maximum atomic E-state index is 13.7. The number of aliphatic hydroxyl groups excluding tert-OH is 1. The van der Waals surface area contributed by atoms with Gasteiger partial charge in [-0.25, -0.2) is 8.42 Å². The predicted octanol–water partition coefficient (Wildman–Crippen LogP) is 2.53. The van der Waals surface area contributed by atoms with Gasteiger partial charge in [-0.05, 0) is 56.3 Å². The molecule has 13 heteroatoms. The fraction of sp³-hybridized carbons (Fsp3) is 0.414. The van der Waals surface area contributed by atoms with Crippen LogP contribution in [0.3, 0.4) is 0 Å². The Morgan fingerprint density at radius 2 is 1.95 bits per heavy atom. The molecule has 0 radical (unpaired) electrons. The van der Waals surface area contributed by atoms with Crippen molar-refractivity contribution in [3.05, 3.63) is 65.5 Å². The van der Waals surface area contributed by atoms with E-state index in [1.807, 2.05) is 6.92 Å². The average Bonchev–Trinajstić information content (AvgIpc) is 3.32. The van der Waals surface area contributed by atoms with Crippen LogP contribution in [0.1, 0.15) is 40.4 Å². The van der Waals surface area contributed by atoms with E-state index in [1.54, 1.807) is 62.2 Å². The number of rotatable bonds is 9. The summed E-state index contributed by atoms with van der Waals surface area (Å²) in [5.74, 6) is -0.522. The summed E-state index contributed by atoms with van der Waals surface area (Å²) in [7, 11) is 0.721. The van der Waals surface area contributed by atoms with Crippen LogP contribution in [-0.2, 0) is 17.1 Å². The molecule has 1 aliphatic rings.